The molecule has 0 aliphatic rings. The molecule has 0 radical (unpaired) electrons. The Labute approximate surface area is 112 Å². The van der Waals surface area contributed by atoms with Crippen molar-refractivity contribution in [3.05, 3.63) is 53.0 Å². The van der Waals surface area contributed by atoms with Crippen molar-refractivity contribution in [3.8, 4) is 5.75 Å². The summed E-state index contributed by atoms with van der Waals surface area (Å²) in [5.41, 5.74) is 1.24. The molecule has 2 heterocycles. The maximum Gasteiger partial charge on any atom is 0.235 e. The van der Waals surface area contributed by atoms with E-state index in [-0.39, 0.29) is 6.61 Å². The number of halogens is 1. The number of oxazole rings is 1. The number of ether oxygens (including phenoxy) is 1. The Morgan fingerprint density at radius 2 is 2.06 bits per heavy atom. The first-order valence-corrected chi connectivity index (χ1v) is 6.19. The highest BCUT2D eigenvalue weighted by molar-refractivity contribution is 9.10. The van der Waals surface area contributed by atoms with E-state index < -0.39 is 0 Å². The first-order chi connectivity index (χ1) is 8.81. The molecule has 2 aromatic heterocycles. The zero-order valence-electron chi connectivity index (χ0n) is 9.34. The van der Waals surface area contributed by atoms with Gasteiger partial charge in [-0.15, -0.1) is 0 Å². The van der Waals surface area contributed by atoms with E-state index in [2.05, 4.69) is 25.9 Å². The van der Waals surface area contributed by atoms with Crippen LogP contribution in [0.2, 0.25) is 0 Å². The summed E-state index contributed by atoms with van der Waals surface area (Å²) in [7, 11) is 0. The standard InChI is InChI=1S/C13H9BrN2O2/c14-9-6-11-13(15-7-9)16-12(18-11)8-17-10-4-2-1-3-5-10/h1-7H,8H2. The van der Waals surface area contributed by atoms with Crippen molar-refractivity contribution in [3.63, 3.8) is 0 Å². The van der Waals surface area contributed by atoms with Gasteiger partial charge in [0, 0.05) is 16.7 Å². The third-order valence-corrected chi connectivity index (χ3v) is 2.80. The number of rotatable bonds is 3. The van der Waals surface area contributed by atoms with E-state index in [0.717, 1.165) is 10.2 Å². The molecule has 0 unspecified atom stereocenters. The van der Waals surface area contributed by atoms with Gasteiger partial charge in [0.05, 0.1) is 0 Å². The quantitative estimate of drug-likeness (QED) is 0.742. The number of aromatic nitrogens is 2. The predicted octanol–water partition coefficient (Wildman–Crippen LogP) is 3.56. The summed E-state index contributed by atoms with van der Waals surface area (Å²) in [6, 6.07) is 11.4. The van der Waals surface area contributed by atoms with Crippen LogP contribution in [0.5, 0.6) is 5.75 Å². The van der Waals surface area contributed by atoms with Crippen LogP contribution in [-0.2, 0) is 6.61 Å². The lowest BCUT2D eigenvalue weighted by atomic mass is 10.3. The molecule has 3 rings (SSSR count). The third-order valence-electron chi connectivity index (χ3n) is 2.36. The van der Waals surface area contributed by atoms with Crippen molar-refractivity contribution in [2.75, 3.05) is 0 Å². The number of nitrogens with zero attached hydrogens (tertiary/aromatic N) is 2. The topological polar surface area (TPSA) is 48.2 Å². The minimum absolute atomic E-state index is 0.290. The molecule has 0 atom stereocenters. The monoisotopic (exact) mass is 304 g/mol. The Kier molecular flexibility index (Phi) is 2.98. The normalized spacial score (nSPS) is 10.7. The second-order valence-electron chi connectivity index (χ2n) is 3.68. The highest BCUT2D eigenvalue weighted by atomic mass is 79.9. The van der Waals surface area contributed by atoms with Crippen molar-refractivity contribution in [2.24, 2.45) is 0 Å². The smallest absolute Gasteiger partial charge is 0.235 e. The van der Waals surface area contributed by atoms with Crippen molar-refractivity contribution >= 4 is 27.2 Å². The average molecular weight is 305 g/mol. The molecule has 0 spiro atoms. The maximum absolute atomic E-state index is 5.56. The Hall–Kier alpha value is -1.88. The summed E-state index contributed by atoms with van der Waals surface area (Å²) in [5.74, 6) is 1.30. The molecule has 0 saturated heterocycles. The lowest BCUT2D eigenvalue weighted by Gasteiger charge is -2.01. The molecule has 0 N–H and O–H groups in total. The minimum atomic E-state index is 0.290. The summed E-state index contributed by atoms with van der Waals surface area (Å²) >= 11 is 3.34. The Morgan fingerprint density at radius 1 is 1.22 bits per heavy atom. The van der Waals surface area contributed by atoms with Crippen LogP contribution in [0.3, 0.4) is 0 Å². The molecular weight excluding hydrogens is 296 g/mol. The van der Waals surface area contributed by atoms with Crippen molar-refractivity contribution in [2.45, 2.75) is 6.61 Å². The lowest BCUT2D eigenvalue weighted by Crippen LogP contribution is -1.94. The highest BCUT2D eigenvalue weighted by Crippen LogP contribution is 2.19. The van der Waals surface area contributed by atoms with Gasteiger partial charge in [-0.3, -0.25) is 0 Å². The van der Waals surface area contributed by atoms with Gasteiger partial charge in [0.1, 0.15) is 5.75 Å². The number of para-hydroxylation sites is 1. The van der Waals surface area contributed by atoms with Gasteiger partial charge in [-0.2, -0.15) is 4.98 Å². The number of benzene rings is 1. The van der Waals surface area contributed by atoms with Crippen LogP contribution in [0.1, 0.15) is 5.89 Å². The molecule has 0 saturated carbocycles. The lowest BCUT2D eigenvalue weighted by molar-refractivity contribution is 0.267. The number of fused-ring (bicyclic) bond motifs is 1. The van der Waals surface area contributed by atoms with E-state index in [0.29, 0.717) is 17.1 Å². The molecule has 18 heavy (non-hydrogen) atoms. The zero-order valence-corrected chi connectivity index (χ0v) is 10.9. The molecule has 0 amide bonds. The molecule has 0 aliphatic heterocycles. The van der Waals surface area contributed by atoms with Crippen LogP contribution in [0.15, 0.2) is 51.5 Å². The second kappa shape index (κ2) is 4.78. The van der Waals surface area contributed by atoms with E-state index in [4.69, 9.17) is 9.15 Å². The molecular formula is C13H9BrN2O2. The van der Waals surface area contributed by atoms with E-state index in [1.54, 1.807) is 6.20 Å². The SMILES string of the molecule is Brc1cnc2nc(COc3ccccc3)oc2c1. The summed E-state index contributed by atoms with van der Waals surface area (Å²) in [4.78, 5) is 8.39. The van der Waals surface area contributed by atoms with Gasteiger partial charge in [-0.1, -0.05) is 18.2 Å². The predicted molar refractivity (Wildman–Crippen MR) is 70.3 cm³/mol. The Bertz CT molecular complexity index is 667. The summed E-state index contributed by atoms with van der Waals surface area (Å²) in [6.45, 7) is 0.290. The fraction of sp³-hybridized carbons (Fsp3) is 0.0769. The van der Waals surface area contributed by atoms with Gasteiger partial charge >= 0.3 is 0 Å². The fourth-order valence-electron chi connectivity index (χ4n) is 1.56. The fourth-order valence-corrected chi connectivity index (χ4v) is 1.87. The Balaban J connectivity index is 1.79. The van der Waals surface area contributed by atoms with Crippen LogP contribution < -0.4 is 4.74 Å². The van der Waals surface area contributed by atoms with Gasteiger partial charge < -0.3 is 9.15 Å². The van der Waals surface area contributed by atoms with E-state index in [1.807, 2.05) is 36.4 Å². The minimum Gasteiger partial charge on any atom is -0.484 e. The highest BCUT2D eigenvalue weighted by Gasteiger charge is 2.07. The first kappa shape index (κ1) is 11.2. The van der Waals surface area contributed by atoms with Gasteiger partial charge in [0.2, 0.25) is 5.89 Å². The zero-order chi connectivity index (χ0) is 12.4. The van der Waals surface area contributed by atoms with Gasteiger partial charge in [0.15, 0.2) is 17.8 Å². The van der Waals surface area contributed by atoms with Crippen LogP contribution in [-0.4, -0.2) is 9.97 Å². The first-order valence-electron chi connectivity index (χ1n) is 5.40. The third kappa shape index (κ3) is 2.36. The van der Waals surface area contributed by atoms with Crippen LogP contribution in [0, 0.1) is 0 Å². The molecule has 90 valence electrons. The second-order valence-corrected chi connectivity index (χ2v) is 4.60. The van der Waals surface area contributed by atoms with E-state index in [9.17, 15) is 0 Å². The maximum atomic E-state index is 5.56. The number of hydrogen-bond acceptors (Lipinski definition) is 4. The van der Waals surface area contributed by atoms with Crippen molar-refractivity contribution in [1.82, 2.24) is 9.97 Å². The average Bonchev–Trinajstić information content (AvgIpc) is 2.79. The van der Waals surface area contributed by atoms with E-state index >= 15 is 0 Å². The number of hydrogen-bond donors (Lipinski definition) is 0. The van der Waals surface area contributed by atoms with Crippen molar-refractivity contribution < 1.29 is 9.15 Å². The summed E-state index contributed by atoms with van der Waals surface area (Å²) in [5, 5.41) is 0. The van der Waals surface area contributed by atoms with Gasteiger partial charge in [-0.25, -0.2) is 4.98 Å². The Morgan fingerprint density at radius 3 is 2.89 bits per heavy atom. The molecule has 0 aliphatic carbocycles. The molecule has 4 nitrogen and oxygen atoms in total. The molecule has 5 heteroatoms. The van der Waals surface area contributed by atoms with Crippen LogP contribution in [0.25, 0.3) is 11.2 Å². The van der Waals surface area contributed by atoms with E-state index in [1.165, 1.54) is 0 Å². The largest absolute Gasteiger partial charge is 0.484 e. The summed E-state index contributed by atoms with van der Waals surface area (Å²) < 4.78 is 12.0. The summed E-state index contributed by atoms with van der Waals surface area (Å²) in [6.07, 6.45) is 1.69. The molecule has 1 aromatic carbocycles. The number of pyridine rings is 1. The van der Waals surface area contributed by atoms with Gasteiger partial charge in [-0.05, 0) is 28.1 Å². The van der Waals surface area contributed by atoms with Crippen molar-refractivity contribution in [1.29, 1.82) is 0 Å². The van der Waals surface area contributed by atoms with Gasteiger partial charge in [0.25, 0.3) is 0 Å². The molecule has 0 fully saturated rings. The molecule has 3 aromatic rings. The molecule has 0 bridgehead atoms. The van der Waals surface area contributed by atoms with Crippen LogP contribution in [0.4, 0.5) is 0 Å². The van der Waals surface area contributed by atoms with Crippen LogP contribution >= 0.6 is 15.9 Å².